The quantitative estimate of drug-likeness (QED) is 0.379. The number of benzene rings is 2. The zero-order valence-corrected chi connectivity index (χ0v) is 16.5. The van der Waals surface area contributed by atoms with Gasteiger partial charge >= 0.3 is 6.18 Å². The summed E-state index contributed by atoms with van der Waals surface area (Å²) in [4.78, 5) is 0. The van der Waals surface area contributed by atoms with Crippen molar-refractivity contribution >= 4 is 22.6 Å². The maximum absolute atomic E-state index is 15.3. The Kier molecular flexibility index (Phi) is 5.26. The molecule has 2 heterocycles. The third-order valence-corrected chi connectivity index (χ3v) is 4.70. The second-order valence-electron chi connectivity index (χ2n) is 6.57. The van der Waals surface area contributed by atoms with Gasteiger partial charge in [0.15, 0.2) is 22.5 Å². The molecule has 160 valence electrons. The molecular formula is C20H12ClF5N4O. The average Bonchev–Trinajstić information content (AvgIpc) is 3.03. The molecule has 2 aromatic heterocycles. The monoisotopic (exact) mass is 454 g/mol. The lowest BCUT2D eigenvalue weighted by atomic mass is 10.0. The molecule has 0 spiro atoms. The second-order valence-corrected chi connectivity index (χ2v) is 6.96. The van der Waals surface area contributed by atoms with E-state index < -0.39 is 34.7 Å². The number of ether oxygens (including phenoxy) is 1. The van der Waals surface area contributed by atoms with E-state index in [9.17, 15) is 17.6 Å². The predicted octanol–water partition coefficient (Wildman–Crippen LogP) is 5.56. The number of hydrogen-bond acceptors (Lipinski definition) is 4. The first kappa shape index (κ1) is 21.0. The SMILES string of the molecule is Cn1nc(-c2cc(C(F)(F)F)c(F)c(OCc3ccccc3)c2F)c2nnc(Cl)cc21. The van der Waals surface area contributed by atoms with Crippen molar-refractivity contribution in [2.24, 2.45) is 7.05 Å². The smallest absolute Gasteiger partial charge is 0.419 e. The largest absolute Gasteiger partial charge is 0.483 e. The average molecular weight is 455 g/mol. The molecule has 0 aliphatic heterocycles. The van der Waals surface area contributed by atoms with Gasteiger partial charge in [0, 0.05) is 18.7 Å². The Labute approximate surface area is 177 Å². The molecule has 0 saturated carbocycles. The molecule has 0 saturated heterocycles. The van der Waals surface area contributed by atoms with E-state index in [0.717, 1.165) is 0 Å². The van der Waals surface area contributed by atoms with Gasteiger partial charge in [-0.15, -0.1) is 10.2 Å². The summed E-state index contributed by atoms with van der Waals surface area (Å²) in [5.74, 6) is -4.34. The number of nitrogens with zero attached hydrogens (tertiary/aromatic N) is 4. The van der Waals surface area contributed by atoms with Crippen molar-refractivity contribution in [1.29, 1.82) is 0 Å². The van der Waals surface area contributed by atoms with Crippen LogP contribution < -0.4 is 4.74 Å². The van der Waals surface area contributed by atoms with Crippen molar-refractivity contribution in [3.8, 4) is 17.0 Å². The summed E-state index contributed by atoms with van der Waals surface area (Å²) in [6.45, 7) is -0.339. The number of fused-ring (bicyclic) bond motifs is 1. The Bertz CT molecular complexity index is 1270. The van der Waals surface area contributed by atoms with Gasteiger partial charge in [-0.3, -0.25) is 4.68 Å². The lowest BCUT2D eigenvalue weighted by Crippen LogP contribution is -2.12. The fourth-order valence-corrected chi connectivity index (χ4v) is 3.20. The highest BCUT2D eigenvalue weighted by Crippen LogP contribution is 2.42. The Morgan fingerprint density at radius 3 is 2.42 bits per heavy atom. The molecule has 4 aromatic rings. The van der Waals surface area contributed by atoms with Crippen molar-refractivity contribution in [2.45, 2.75) is 12.8 Å². The van der Waals surface area contributed by atoms with Crippen LogP contribution in [-0.2, 0) is 19.8 Å². The number of rotatable bonds is 4. The van der Waals surface area contributed by atoms with Crippen LogP contribution in [0.2, 0.25) is 5.15 Å². The number of aryl methyl sites for hydroxylation is 1. The minimum Gasteiger partial charge on any atom is -0.483 e. The highest BCUT2D eigenvalue weighted by Gasteiger charge is 2.38. The second kappa shape index (κ2) is 7.77. The Morgan fingerprint density at radius 2 is 1.74 bits per heavy atom. The van der Waals surface area contributed by atoms with Gasteiger partial charge in [0.2, 0.25) is 0 Å². The number of alkyl halides is 3. The Hall–Kier alpha value is -3.27. The molecule has 0 atom stereocenters. The summed E-state index contributed by atoms with van der Waals surface area (Å²) in [5.41, 5.74) is -1.75. The fourth-order valence-electron chi connectivity index (χ4n) is 3.05. The van der Waals surface area contributed by atoms with Crippen LogP contribution in [0.1, 0.15) is 11.1 Å². The van der Waals surface area contributed by atoms with Crippen LogP contribution in [0.3, 0.4) is 0 Å². The summed E-state index contributed by atoms with van der Waals surface area (Å²) in [6, 6.07) is 9.97. The van der Waals surface area contributed by atoms with Crippen molar-refractivity contribution in [3.63, 3.8) is 0 Å². The zero-order valence-electron chi connectivity index (χ0n) is 15.7. The molecule has 2 aromatic carbocycles. The third-order valence-electron chi connectivity index (χ3n) is 4.51. The number of aromatic nitrogens is 4. The van der Waals surface area contributed by atoms with Crippen LogP contribution in [0.5, 0.6) is 5.75 Å². The summed E-state index contributed by atoms with van der Waals surface area (Å²) < 4.78 is 76.8. The first-order valence-electron chi connectivity index (χ1n) is 8.79. The molecular weight excluding hydrogens is 443 g/mol. The third kappa shape index (κ3) is 3.90. The van der Waals surface area contributed by atoms with E-state index in [0.29, 0.717) is 17.1 Å². The molecule has 0 aliphatic carbocycles. The zero-order chi connectivity index (χ0) is 22.3. The molecule has 11 heteroatoms. The van der Waals surface area contributed by atoms with Crippen LogP contribution in [0.25, 0.3) is 22.3 Å². The van der Waals surface area contributed by atoms with E-state index in [1.807, 2.05) is 0 Å². The van der Waals surface area contributed by atoms with Gasteiger partial charge < -0.3 is 4.74 Å². The molecule has 31 heavy (non-hydrogen) atoms. The molecule has 0 aliphatic rings. The minimum atomic E-state index is -5.10. The van der Waals surface area contributed by atoms with Crippen molar-refractivity contribution < 1.29 is 26.7 Å². The van der Waals surface area contributed by atoms with E-state index >= 15 is 4.39 Å². The molecule has 0 unspecified atom stereocenters. The van der Waals surface area contributed by atoms with Gasteiger partial charge in [0.05, 0.1) is 11.1 Å². The standard InChI is InChI=1S/C20H12ClF5N4O/c1-30-13-8-14(21)27-28-18(13)17(29-30)11-7-12(20(24,25)26)16(23)19(15(11)22)31-9-10-5-3-2-4-6-10/h2-8H,9H2,1H3. The molecule has 0 N–H and O–H groups in total. The van der Waals surface area contributed by atoms with Gasteiger partial charge in [-0.2, -0.15) is 18.3 Å². The molecule has 4 rings (SSSR count). The maximum Gasteiger partial charge on any atom is 0.419 e. The molecule has 5 nitrogen and oxygen atoms in total. The van der Waals surface area contributed by atoms with Crippen LogP contribution >= 0.6 is 11.6 Å². The van der Waals surface area contributed by atoms with E-state index in [4.69, 9.17) is 16.3 Å². The van der Waals surface area contributed by atoms with E-state index in [1.165, 1.54) is 17.8 Å². The molecule has 0 fully saturated rings. The normalized spacial score (nSPS) is 11.8. The summed E-state index contributed by atoms with van der Waals surface area (Å²) in [5, 5.41) is 11.5. The maximum atomic E-state index is 15.3. The highest BCUT2D eigenvalue weighted by molar-refractivity contribution is 6.29. The van der Waals surface area contributed by atoms with Crippen molar-refractivity contribution in [2.75, 3.05) is 0 Å². The van der Waals surface area contributed by atoms with Crippen LogP contribution in [-0.4, -0.2) is 20.0 Å². The minimum absolute atomic E-state index is 0.000424. The fraction of sp³-hybridized carbons (Fsp3) is 0.150. The highest BCUT2D eigenvalue weighted by atomic mass is 35.5. The summed E-state index contributed by atoms with van der Waals surface area (Å²) in [7, 11) is 1.47. The lowest BCUT2D eigenvalue weighted by molar-refractivity contribution is -0.140. The first-order valence-corrected chi connectivity index (χ1v) is 9.17. The number of halogens is 6. The summed E-state index contributed by atoms with van der Waals surface area (Å²) in [6.07, 6.45) is -5.10. The lowest BCUT2D eigenvalue weighted by Gasteiger charge is -2.16. The van der Waals surface area contributed by atoms with Gasteiger partial charge in [0.25, 0.3) is 0 Å². The topological polar surface area (TPSA) is 52.8 Å². The first-order chi connectivity index (χ1) is 14.7. The van der Waals surface area contributed by atoms with E-state index in [-0.39, 0.29) is 23.0 Å². The van der Waals surface area contributed by atoms with E-state index in [1.54, 1.807) is 30.3 Å². The molecule has 0 amide bonds. The van der Waals surface area contributed by atoms with E-state index in [2.05, 4.69) is 15.3 Å². The van der Waals surface area contributed by atoms with Crippen LogP contribution in [0.15, 0.2) is 42.5 Å². The van der Waals surface area contributed by atoms with Crippen LogP contribution in [0.4, 0.5) is 22.0 Å². The number of hydrogen-bond donors (Lipinski definition) is 0. The van der Waals surface area contributed by atoms with Crippen molar-refractivity contribution in [1.82, 2.24) is 20.0 Å². The molecule has 0 bridgehead atoms. The summed E-state index contributed by atoms with van der Waals surface area (Å²) >= 11 is 5.80. The van der Waals surface area contributed by atoms with Gasteiger partial charge in [-0.05, 0) is 11.6 Å². The predicted molar refractivity (Wildman–Crippen MR) is 102 cm³/mol. The van der Waals surface area contributed by atoms with Gasteiger partial charge in [-0.25, -0.2) is 8.78 Å². The van der Waals surface area contributed by atoms with Crippen molar-refractivity contribution in [3.05, 3.63) is 70.4 Å². The van der Waals surface area contributed by atoms with Crippen LogP contribution in [0, 0.1) is 11.6 Å². The van der Waals surface area contributed by atoms with Gasteiger partial charge in [-0.1, -0.05) is 41.9 Å². The Morgan fingerprint density at radius 1 is 1.03 bits per heavy atom. The molecule has 0 radical (unpaired) electrons. The Balaban J connectivity index is 1.91. The van der Waals surface area contributed by atoms with Gasteiger partial charge in [0.1, 0.15) is 17.8 Å².